The Bertz CT molecular complexity index is 1250. The molecule has 0 bridgehead atoms. The highest BCUT2D eigenvalue weighted by Gasteiger charge is 2.20. The van der Waals surface area contributed by atoms with Crippen molar-refractivity contribution < 1.29 is 9.53 Å². The van der Waals surface area contributed by atoms with Gasteiger partial charge in [0, 0.05) is 31.0 Å². The predicted molar refractivity (Wildman–Crippen MR) is 130 cm³/mol. The molecule has 33 heavy (non-hydrogen) atoms. The van der Waals surface area contributed by atoms with Crippen LogP contribution in [0.25, 0.3) is 22.6 Å². The number of thioether (sulfide) groups is 1. The van der Waals surface area contributed by atoms with Crippen LogP contribution in [0.5, 0.6) is 5.75 Å². The lowest BCUT2D eigenvalue weighted by molar-refractivity contribution is -0.113. The van der Waals surface area contributed by atoms with Gasteiger partial charge in [0.1, 0.15) is 11.4 Å². The molecule has 0 aliphatic heterocycles. The quantitative estimate of drug-likeness (QED) is 0.390. The summed E-state index contributed by atoms with van der Waals surface area (Å²) >= 11 is 1.36. The molecule has 2 aromatic heterocycles. The maximum atomic E-state index is 12.5. The summed E-state index contributed by atoms with van der Waals surface area (Å²) in [4.78, 5) is 12.5. The fourth-order valence-corrected chi connectivity index (χ4v) is 4.26. The van der Waals surface area contributed by atoms with Crippen LogP contribution >= 0.6 is 11.8 Å². The Labute approximate surface area is 197 Å². The first kappa shape index (κ1) is 22.6. The molecule has 0 aliphatic rings. The van der Waals surface area contributed by atoms with Gasteiger partial charge in [-0.15, -0.1) is 10.2 Å². The molecule has 9 heteroatoms. The molecule has 0 saturated heterocycles. The number of carbonyl (C=O) groups excluding carboxylic acids is 1. The number of carbonyl (C=O) groups is 1. The number of ether oxygens (including phenoxy) is 1. The lowest BCUT2D eigenvalue weighted by Gasteiger charge is -2.08. The summed E-state index contributed by atoms with van der Waals surface area (Å²) in [6, 6.07) is 15.5. The maximum absolute atomic E-state index is 12.5. The molecule has 0 fully saturated rings. The molecule has 0 spiro atoms. The average Bonchev–Trinajstić information content (AvgIpc) is 3.41. The minimum atomic E-state index is -0.112. The lowest BCUT2D eigenvalue weighted by Crippen LogP contribution is -2.14. The minimum Gasteiger partial charge on any atom is -0.497 e. The first-order chi connectivity index (χ1) is 16.0. The van der Waals surface area contributed by atoms with Gasteiger partial charge in [0.2, 0.25) is 5.91 Å². The van der Waals surface area contributed by atoms with Crippen molar-refractivity contribution in [3.05, 3.63) is 60.3 Å². The fraction of sp³-hybridized carbons (Fsp3) is 0.250. The Morgan fingerprint density at radius 2 is 1.82 bits per heavy atom. The number of nitrogens with zero attached hydrogens (tertiary/aromatic N) is 5. The molecule has 2 aromatic carbocycles. The van der Waals surface area contributed by atoms with E-state index in [1.54, 1.807) is 11.8 Å². The van der Waals surface area contributed by atoms with Gasteiger partial charge in [0.05, 0.1) is 18.4 Å². The Morgan fingerprint density at radius 3 is 2.48 bits per heavy atom. The summed E-state index contributed by atoms with van der Waals surface area (Å²) in [7, 11) is 3.50. The van der Waals surface area contributed by atoms with E-state index in [1.165, 1.54) is 17.3 Å². The number of hydrogen-bond acceptors (Lipinski definition) is 6. The largest absolute Gasteiger partial charge is 0.497 e. The molecule has 0 unspecified atom stereocenters. The van der Waals surface area contributed by atoms with E-state index in [0.29, 0.717) is 11.7 Å². The zero-order valence-corrected chi connectivity index (χ0v) is 19.9. The molecular weight excluding hydrogens is 436 g/mol. The second-order valence-corrected chi connectivity index (χ2v) is 8.49. The van der Waals surface area contributed by atoms with Crippen molar-refractivity contribution in [2.75, 3.05) is 18.2 Å². The average molecular weight is 463 g/mol. The molecule has 170 valence electrons. The maximum Gasteiger partial charge on any atom is 0.234 e. The van der Waals surface area contributed by atoms with Crippen molar-refractivity contribution >= 4 is 23.4 Å². The number of amides is 1. The molecule has 0 radical (unpaired) electrons. The number of rotatable bonds is 8. The SMILES string of the molecule is CCn1c(SCC(=O)Nc2ccc(OC)cc2)nnc1-c1cn(C)nc1-c1ccc(C)cc1. The molecule has 1 N–H and O–H groups in total. The molecular formula is C24H26N6O2S. The Morgan fingerprint density at radius 1 is 1.09 bits per heavy atom. The first-order valence-corrected chi connectivity index (χ1v) is 11.6. The van der Waals surface area contributed by atoms with Crippen molar-refractivity contribution in [3.8, 4) is 28.4 Å². The van der Waals surface area contributed by atoms with Crippen LogP contribution in [0.1, 0.15) is 12.5 Å². The number of anilines is 1. The van der Waals surface area contributed by atoms with Crippen LogP contribution in [0.2, 0.25) is 0 Å². The second kappa shape index (κ2) is 9.91. The van der Waals surface area contributed by atoms with Gasteiger partial charge in [-0.3, -0.25) is 9.48 Å². The molecule has 0 aliphatic carbocycles. The lowest BCUT2D eigenvalue weighted by atomic mass is 10.1. The highest BCUT2D eigenvalue weighted by Crippen LogP contribution is 2.32. The van der Waals surface area contributed by atoms with Crippen LogP contribution in [-0.2, 0) is 18.4 Å². The summed E-state index contributed by atoms with van der Waals surface area (Å²) in [5.74, 6) is 1.59. The number of benzene rings is 2. The second-order valence-electron chi connectivity index (χ2n) is 7.55. The van der Waals surface area contributed by atoms with Crippen molar-refractivity contribution in [1.82, 2.24) is 24.5 Å². The van der Waals surface area contributed by atoms with Gasteiger partial charge < -0.3 is 14.6 Å². The number of aromatic nitrogens is 5. The van der Waals surface area contributed by atoms with Gasteiger partial charge in [-0.25, -0.2) is 0 Å². The summed E-state index contributed by atoms with van der Waals surface area (Å²) in [6.45, 7) is 4.77. The van der Waals surface area contributed by atoms with Gasteiger partial charge >= 0.3 is 0 Å². The molecule has 8 nitrogen and oxygen atoms in total. The number of aryl methyl sites for hydroxylation is 2. The first-order valence-electron chi connectivity index (χ1n) is 10.6. The van der Waals surface area contributed by atoms with E-state index in [1.807, 2.05) is 49.0 Å². The number of methoxy groups -OCH3 is 1. The van der Waals surface area contributed by atoms with Crippen LogP contribution in [0.4, 0.5) is 5.69 Å². The van der Waals surface area contributed by atoms with E-state index >= 15 is 0 Å². The van der Waals surface area contributed by atoms with Crippen LogP contribution in [0.15, 0.2) is 59.9 Å². The van der Waals surface area contributed by atoms with Crippen LogP contribution < -0.4 is 10.1 Å². The zero-order chi connectivity index (χ0) is 23.4. The monoisotopic (exact) mass is 462 g/mol. The standard InChI is InChI=1S/C24H26N6O2S/c1-5-30-23(20-14-29(3)28-22(20)17-8-6-16(2)7-9-17)26-27-24(30)33-15-21(31)25-18-10-12-19(32-4)13-11-18/h6-14H,5,15H2,1-4H3,(H,25,31). The molecule has 4 aromatic rings. The van der Waals surface area contributed by atoms with E-state index in [2.05, 4.69) is 51.8 Å². The zero-order valence-electron chi connectivity index (χ0n) is 19.1. The minimum absolute atomic E-state index is 0.112. The molecule has 0 atom stereocenters. The van der Waals surface area contributed by atoms with E-state index < -0.39 is 0 Å². The summed E-state index contributed by atoms with van der Waals surface area (Å²) in [5, 5.41) is 17.1. The highest BCUT2D eigenvalue weighted by molar-refractivity contribution is 7.99. The third-order valence-electron chi connectivity index (χ3n) is 5.13. The third kappa shape index (κ3) is 5.09. The summed E-state index contributed by atoms with van der Waals surface area (Å²) in [5.41, 5.74) is 4.70. The molecule has 1 amide bonds. The van der Waals surface area contributed by atoms with Gasteiger partial charge in [0.25, 0.3) is 0 Å². The van der Waals surface area contributed by atoms with Gasteiger partial charge in [-0.2, -0.15) is 5.10 Å². The van der Waals surface area contributed by atoms with Crippen molar-refractivity contribution in [3.63, 3.8) is 0 Å². The van der Waals surface area contributed by atoms with Crippen molar-refractivity contribution in [2.45, 2.75) is 25.5 Å². The van der Waals surface area contributed by atoms with E-state index in [9.17, 15) is 4.79 Å². The van der Waals surface area contributed by atoms with E-state index in [4.69, 9.17) is 4.74 Å². The number of nitrogens with one attached hydrogen (secondary N) is 1. The van der Waals surface area contributed by atoms with Crippen molar-refractivity contribution in [1.29, 1.82) is 0 Å². The smallest absolute Gasteiger partial charge is 0.234 e. The Balaban J connectivity index is 1.52. The van der Waals surface area contributed by atoms with Crippen molar-refractivity contribution in [2.24, 2.45) is 7.05 Å². The summed E-state index contributed by atoms with van der Waals surface area (Å²) in [6.07, 6.45) is 1.95. The predicted octanol–water partition coefficient (Wildman–Crippen LogP) is 4.41. The van der Waals surface area contributed by atoms with Crippen LogP contribution in [-0.4, -0.2) is 43.3 Å². The van der Waals surface area contributed by atoms with Gasteiger partial charge in [-0.05, 0) is 38.1 Å². The fourth-order valence-electron chi connectivity index (χ4n) is 3.46. The van der Waals surface area contributed by atoms with E-state index in [-0.39, 0.29) is 11.7 Å². The molecule has 2 heterocycles. The van der Waals surface area contributed by atoms with Gasteiger partial charge in [0.15, 0.2) is 11.0 Å². The topological polar surface area (TPSA) is 86.9 Å². The van der Waals surface area contributed by atoms with E-state index in [0.717, 1.165) is 34.1 Å². The molecule has 4 rings (SSSR count). The Hall–Kier alpha value is -3.59. The molecule has 0 saturated carbocycles. The Kier molecular flexibility index (Phi) is 6.79. The summed E-state index contributed by atoms with van der Waals surface area (Å²) < 4.78 is 8.95. The van der Waals surface area contributed by atoms with Crippen LogP contribution in [0, 0.1) is 6.92 Å². The third-order valence-corrected chi connectivity index (χ3v) is 6.10. The number of hydrogen-bond donors (Lipinski definition) is 1. The highest BCUT2D eigenvalue weighted by atomic mass is 32.2. The normalized spacial score (nSPS) is 10.9. The van der Waals surface area contributed by atoms with Crippen LogP contribution in [0.3, 0.4) is 0 Å². The van der Waals surface area contributed by atoms with Gasteiger partial charge in [-0.1, -0.05) is 41.6 Å².